The zero-order valence-electron chi connectivity index (χ0n) is 19.3. The van der Waals surface area contributed by atoms with E-state index in [-0.39, 0.29) is 31.4 Å². The van der Waals surface area contributed by atoms with Gasteiger partial charge in [-0.3, -0.25) is 14.4 Å². The van der Waals surface area contributed by atoms with Crippen LogP contribution in [0, 0.1) is 11.8 Å². The largest absolute Gasteiger partial charge is 0.492 e. The molecule has 0 unspecified atom stereocenters. The summed E-state index contributed by atoms with van der Waals surface area (Å²) in [6, 6.07) is 7.71. The molecule has 3 N–H and O–H groups in total. The van der Waals surface area contributed by atoms with Gasteiger partial charge in [-0.1, -0.05) is 32.0 Å². The molecular weight excluding hydrogens is 416 g/mol. The number of rotatable bonds is 12. The Morgan fingerprint density at radius 1 is 1.03 bits per heavy atom. The highest BCUT2D eigenvalue weighted by atomic mass is 16.6. The highest BCUT2D eigenvalue weighted by Crippen LogP contribution is 2.17. The van der Waals surface area contributed by atoms with Crippen LogP contribution >= 0.6 is 0 Å². The van der Waals surface area contributed by atoms with Crippen LogP contribution in [0.4, 0.5) is 0 Å². The lowest BCUT2D eigenvalue weighted by Crippen LogP contribution is -2.47. The Bertz CT molecular complexity index is 772. The van der Waals surface area contributed by atoms with E-state index in [9.17, 15) is 24.3 Å². The standard InChI is InChI=1S/C23H34N2O7/c1-15(2)17(13-19(26)24-11-12-31-16-9-7-6-8-10-16)21(28)25-18(22(29)30)14-20(27)32-23(3,4)5/h6-10,15,17-18H,11-14H2,1-5H3,(H,24,26)(H,25,28)(H,29,30)/t17-,18-/m0/s1. The van der Waals surface area contributed by atoms with Gasteiger partial charge >= 0.3 is 11.9 Å². The van der Waals surface area contributed by atoms with Crippen LogP contribution in [0.25, 0.3) is 0 Å². The van der Waals surface area contributed by atoms with Crippen molar-refractivity contribution in [2.75, 3.05) is 13.2 Å². The van der Waals surface area contributed by atoms with Gasteiger partial charge < -0.3 is 25.2 Å². The van der Waals surface area contributed by atoms with Crippen molar-refractivity contribution < 1.29 is 33.8 Å². The van der Waals surface area contributed by atoms with Gasteiger partial charge in [-0.25, -0.2) is 4.79 Å². The number of carboxylic acids is 1. The molecule has 2 amide bonds. The molecule has 9 heteroatoms. The van der Waals surface area contributed by atoms with Crippen molar-refractivity contribution in [2.24, 2.45) is 11.8 Å². The summed E-state index contributed by atoms with van der Waals surface area (Å²) in [6.45, 7) is 9.05. The van der Waals surface area contributed by atoms with E-state index in [0.29, 0.717) is 5.75 Å². The van der Waals surface area contributed by atoms with Crippen LogP contribution in [0.15, 0.2) is 30.3 Å². The van der Waals surface area contributed by atoms with Crippen molar-refractivity contribution in [3.05, 3.63) is 30.3 Å². The summed E-state index contributed by atoms with van der Waals surface area (Å²) >= 11 is 0. The number of benzene rings is 1. The minimum atomic E-state index is -1.44. The number of carbonyl (C=O) groups is 4. The van der Waals surface area contributed by atoms with E-state index in [4.69, 9.17) is 9.47 Å². The molecule has 0 saturated heterocycles. The molecule has 0 aliphatic heterocycles. The molecule has 0 aliphatic rings. The first-order valence-electron chi connectivity index (χ1n) is 10.6. The highest BCUT2D eigenvalue weighted by Gasteiger charge is 2.31. The zero-order valence-corrected chi connectivity index (χ0v) is 19.3. The Morgan fingerprint density at radius 3 is 2.19 bits per heavy atom. The normalized spacial score (nSPS) is 13.1. The SMILES string of the molecule is CC(C)[C@H](CC(=O)NCCOc1ccccc1)C(=O)N[C@@H](CC(=O)OC(C)(C)C)C(=O)O. The van der Waals surface area contributed by atoms with Crippen molar-refractivity contribution in [1.82, 2.24) is 10.6 Å². The fourth-order valence-corrected chi connectivity index (χ4v) is 2.81. The second kappa shape index (κ2) is 12.7. The smallest absolute Gasteiger partial charge is 0.326 e. The number of amides is 2. The van der Waals surface area contributed by atoms with E-state index in [1.807, 2.05) is 18.2 Å². The van der Waals surface area contributed by atoms with Crippen LogP contribution < -0.4 is 15.4 Å². The average molecular weight is 451 g/mol. The summed E-state index contributed by atoms with van der Waals surface area (Å²) in [5.74, 6) is -3.34. The monoisotopic (exact) mass is 450 g/mol. The van der Waals surface area contributed by atoms with Gasteiger partial charge in [0.1, 0.15) is 24.0 Å². The maximum atomic E-state index is 12.7. The molecule has 1 rings (SSSR count). The lowest BCUT2D eigenvalue weighted by molar-refractivity contribution is -0.158. The van der Waals surface area contributed by atoms with Crippen LogP contribution in [0.2, 0.25) is 0 Å². The van der Waals surface area contributed by atoms with Gasteiger partial charge in [0.2, 0.25) is 11.8 Å². The first kappa shape index (κ1) is 26.9. The fourth-order valence-electron chi connectivity index (χ4n) is 2.81. The third-order valence-electron chi connectivity index (χ3n) is 4.39. The summed E-state index contributed by atoms with van der Waals surface area (Å²) in [7, 11) is 0. The van der Waals surface area contributed by atoms with Crippen molar-refractivity contribution in [2.45, 2.75) is 59.1 Å². The number of hydrogen-bond donors (Lipinski definition) is 3. The first-order valence-corrected chi connectivity index (χ1v) is 10.6. The van der Waals surface area contributed by atoms with E-state index in [2.05, 4.69) is 10.6 Å². The van der Waals surface area contributed by atoms with Gasteiger partial charge in [-0.2, -0.15) is 0 Å². The Balaban J connectivity index is 2.58. The Kier molecular flexibility index (Phi) is 10.7. The molecule has 0 bridgehead atoms. The lowest BCUT2D eigenvalue weighted by Gasteiger charge is -2.24. The number of ether oxygens (including phenoxy) is 2. The second-order valence-electron chi connectivity index (χ2n) is 8.76. The van der Waals surface area contributed by atoms with Crippen LogP contribution in [-0.2, 0) is 23.9 Å². The van der Waals surface area contributed by atoms with Gasteiger partial charge in [0.05, 0.1) is 13.0 Å². The summed E-state index contributed by atoms with van der Waals surface area (Å²) in [4.78, 5) is 48.5. The van der Waals surface area contributed by atoms with E-state index < -0.39 is 41.8 Å². The average Bonchev–Trinajstić information content (AvgIpc) is 2.67. The van der Waals surface area contributed by atoms with Crippen LogP contribution in [0.5, 0.6) is 5.75 Å². The fraction of sp³-hybridized carbons (Fsp3) is 0.565. The Morgan fingerprint density at radius 2 is 1.66 bits per heavy atom. The zero-order chi connectivity index (χ0) is 24.3. The van der Waals surface area contributed by atoms with Gasteiger partial charge in [0.15, 0.2) is 0 Å². The molecule has 0 heterocycles. The molecule has 9 nitrogen and oxygen atoms in total. The van der Waals surface area contributed by atoms with Gasteiger partial charge in [-0.15, -0.1) is 0 Å². The third-order valence-corrected chi connectivity index (χ3v) is 4.39. The molecule has 0 aromatic heterocycles. The van der Waals surface area contributed by atoms with E-state index in [0.717, 1.165) is 0 Å². The summed E-state index contributed by atoms with van der Waals surface area (Å²) in [5, 5.41) is 14.5. The predicted octanol–water partition coefficient (Wildman–Crippen LogP) is 2.15. The molecule has 0 spiro atoms. The minimum absolute atomic E-state index is 0.117. The number of aliphatic carboxylic acids is 1. The predicted molar refractivity (Wildman–Crippen MR) is 118 cm³/mol. The number of carbonyl (C=O) groups excluding carboxylic acids is 3. The second-order valence-corrected chi connectivity index (χ2v) is 8.76. The number of esters is 1. The van der Waals surface area contributed by atoms with Crippen LogP contribution in [0.3, 0.4) is 0 Å². The number of nitrogens with one attached hydrogen (secondary N) is 2. The first-order chi connectivity index (χ1) is 14.9. The van der Waals surface area contributed by atoms with Crippen LogP contribution in [0.1, 0.15) is 47.5 Å². The molecule has 0 radical (unpaired) electrons. The molecule has 0 saturated carbocycles. The summed E-state index contributed by atoms with van der Waals surface area (Å²) in [6.07, 6.45) is -0.625. The van der Waals surface area contributed by atoms with Gasteiger partial charge in [-0.05, 0) is 38.8 Å². The number of carboxylic acid groups (broad SMARTS) is 1. The van der Waals surface area contributed by atoms with E-state index in [1.165, 1.54) is 0 Å². The van der Waals surface area contributed by atoms with Crippen molar-refractivity contribution >= 4 is 23.8 Å². The molecule has 1 aromatic carbocycles. The van der Waals surface area contributed by atoms with Crippen LogP contribution in [-0.4, -0.2) is 53.7 Å². The maximum absolute atomic E-state index is 12.7. The lowest BCUT2D eigenvalue weighted by atomic mass is 9.91. The summed E-state index contributed by atoms with van der Waals surface area (Å²) < 4.78 is 10.6. The quantitative estimate of drug-likeness (QED) is 0.328. The highest BCUT2D eigenvalue weighted by molar-refractivity contribution is 5.90. The van der Waals surface area contributed by atoms with Gasteiger partial charge in [0, 0.05) is 12.3 Å². The summed E-state index contributed by atoms with van der Waals surface area (Å²) in [5.41, 5.74) is -0.771. The Labute approximate surface area is 188 Å². The van der Waals surface area contributed by atoms with E-state index >= 15 is 0 Å². The topological polar surface area (TPSA) is 131 Å². The molecule has 0 fully saturated rings. The molecule has 32 heavy (non-hydrogen) atoms. The third kappa shape index (κ3) is 10.8. The number of para-hydroxylation sites is 1. The van der Waals surface area contributed by atoms with Crippen molar-refractivity contribution in [3.63, 3.8) is 0 Å². The molecular formula is C23H34N2O7. The molecule has 1 aromatic rings. The number of hydrogen-bond acceptors (Lipinski definition) is 6. The molecule has 2 atom stereocenters. The van der Waals surface area contributed by atoms with Gasteiger partial charge in [0.25, 0.3) is 0 Å². The van der Waals surface area contributed by atoms with Crippen molar-refractivity contribution in [1.29, 1.82) is 0 Å². The van der Waals surface area contributed by atoms with Crippen molar-refractivity contribution in [3.8, 4) is 5.75 Å². The van der Waals surface area contributed by atoms with E-state index in [1.54, 1.807) is 46.8 Å². The Hall–Kier alpha value is -3.10. The minimum Gasteiger partial charge on any atom is -0.492 e. The molecule has 178 valence electrons. The maximum Gasteiger partial charge on any atom is 0.326 e. The molecule has 0 aliphatic carbocycles.